The van der Waals surface area contributed by atoms with Crippen LogP contribution in [0.1, 0.15) is 114 Å². The van der Waals surface area contributed by atoms with Crippen LogP contribution < -0.4 is 0 Å². The van der Waals surface area contributed by atoms with Crippen LogP contribution in [0.3, 0.4) is 0 Å². The number of rotatable bonds is 8. The molecule has 1 aromatic rings. The van der Waals surface area contributed by atoms with Crippen molar-refractivity contribution in [1.29, 1.82) is 0 Å². The van der Waals surface area contributed by atoms with Crippen molar-refractivity contribution in [2.24, 2.45) is 17.8 Å². The Kier molecular flexibility index (Phi) is 10.1. The smallest absolute Gasteiger partial charge is 0.0206 e. The zero-order valence-electron chi connectivity index (χ0n) is 19.7. The number of benzene rings is 1. The van der Waals surface area contributed by atoms with Crippen molar-refractivity contribution in [2.75, 3.05) is 0 Å². The molecule has 0 aliphatic heterocycles. The Bertz CT molecular complexity index is 667. The van der Waals surface area contributed by atoms with Crippen molar-refractivity contribution < 1.29 is 0 Å². The molecule has 164 valence electrons. The second-order valence-corrected chi connectivity index (χ2v) is 9.96. The van der Waals surface area contributed by atoms with Gasteiger partial charge in [0.1, 0.15) is 0 Å². The number of allylic oxidation sites excluding steroid dienone is 2. The van der Waals surface area contributed by atoms with Crippen molar-refractivity contribution in [3.8, 4) is 11.8 Å². The molecule has 0 N–H and O–H groups in total. The summed E-state index contributed by atoms with van der Waals surface area (Å²) in [5.74, 6) is 10.1. The van der Waals surface area contributed by atoms with E-state index in [0.29, 0.717) is 5.92 Å². The zero-order valence-corrected chi connectivity index (χ0v) is 19.7. The molecular weight excluding hydrogens is 360 g/mol. The second kappa shape index (κ2) is 13.0. The summed E-state index contributed by atoms with van der Waals surface area (Å²) >= 11 is 0. The normalized spacial score (nSPS) is 27.0. The minimum Gasteiger partial charge on any atom is -0.0951 e. The Morgan fingerprint density at radius 1 is 0.833 bits per heavy atom. The highest BCUT2D eigenvalue weighted by Crippen LogP contribution is 2.36. The van der Waals surface area contributed by atoms with Crippen LogP contribution in [0, 0.1) is 29.6 Å². The maximum Gasteiger partial charge on any atom is 0.0206 e. The molecule has 0 amide bonds. The fourth-order valence-corrected chi connectivity index (χ4v) is 5.53. The monoisotopic (exact) mass is 404 g/mol. The van der Waals surface area contributed by atoms with E-state index in [1.54, 1.807) is 5.56 Å². The summed E-state index contributed by atoms with van der Waals surface area (Å²) in [4.78, 5) is 0. The Morgan fingerprint density at radius 3 is 2.23 bits per heavy atom. The maximum absolute atomic E-state index is 3.56. The molecule has 2 saturated carbocycles. The van der Waals surface area contributed by atoms with Crippen LogP contribution in [-0.4, -0.2) is 0 Å². The van der Waals surface area contributed by atoms with Crippen molar-refractivity contribution in [3.63, 3.8) is 0 Å². The fourth-order valence-electron chi connectivity index (χ4n) is 5.53. The number of hydrogen-bond donors (Lipinski definition) is 0. The third-order valence-corrected chi connectivity index (χ3v) is 7.57. The van der Waals surface area contributed by atoms with Crippen molar-refractivity contribution >= 4 is 0 Å². The van der Waals surface area contributed by atoms with Gasteiger partial charge in [0.25, 0.3) is 0 Å². The van der Waals surface area contributed by atoms with E-state index >= 15 is 0 Å². The average molecular weight is 405 g/mol. The molecule has 3 rings (SSSR count). The van der Waals surface area contributed by atoms with Crippen molar-refractivity contribution in [2.45, 2.75) is 110 Å². The van der Waals surface area contributed by atoms with Gasteiger partial charge in [0, 0.05) is 5.92 Å². The number of hydrogen-bond acceptors (Lipinski definition) is 0. The van der Waals surface area contributed by atoms with Gasteiger partial charge in [0.05, 0.1) is 0 Å². The third kappa shape index (κ3) is 7.65. The highest BCUT2D eigenvalue weighted by molar-refractivity contribution is 5.26. The summed E-state index contributed by atoms with van der Waals surface area (Å²) in [5.41, 5.74) is 3.07. The highest BCUT2D eigenvalue weighted by Gasteiger charge is 2.21. The first-order valence-electron chi connectivity index (χ1n) is 13.0. The first kappa shape index (κ1) is 23.2. The fraction of sp³-hybridized carbons (Fsp3) is 0.667. The lowest BCUT2D eigenvalue weighted by atomic mass is 9.78. The molecule has 1 aromatic carbocycles. The van der Waals surface area contributed by atoms with E-state index in [1.165, 1.54) is 95.5 Å². The van der Waals surface area contributed by atoms with Crippen molar-refractivity contribution in [1.82, 2.24) is 0 Å². The van der Waals surface area contributed by atoms with Crippen LogP contribution in [0.15, 0.2) is 36.4 Å². The topological polar surface area (TPSA) is 0 Å². The van der Waals surface area contributed by atoms with Gasteiger partial charge in [-0.2, -0.15) is 0 Å². The Labute approximate surface area is 186 Å². The highest BCUT2D eigenvalue weighted by atomic mass is 14.3. The predicted octanol–water partition coefficient (Wildman–Crippen LogP) is 8.86. The summed E-state index contributed by atoms with van der Waals surface area (Å²) in [6.07, 6.45) is 23.4. The average Bonchev–Trinajstić information content (AvgIpc) is 2.79. The minimum absolute atomic E-state index is 0.611. The molecule has 2 aliphatic rings. The number of unbranched alkanes of at least 4 members (excludes halogenated alkanes) is 2. The summed E-state index contributed by atoms with van der Waals surface area (Å²) in [5, 5.41) is 0. The van der Waals surface area contributed by atoms with Crippen LogP contribution in [0.5, 0.6) is 0 Å². The summed E-state index contributed by atoms with van der Waals surface area (Å²) in [7, 11) is 0. The van der Waals surface area contributed by atoms with Gasteiger partial charge in [-0.05, 0) is 99.2 Å². The molecule has 30 heavy (non-hydrogen) atoms. The summed E-state index contributed by atoms with van der Waals surface area (Å²) in [6.45, 7) is 4.60. The predicted molar refractivity (Wildman–Crippen MR) is 132 cm³/mol. The molecule has 0 bridgehead atoms. The lowest BCUT2D eigenvalue weighted by Crippen LogP contribution is -2.12. The molecule has 0 spiro atoms. The molecule has 0 unspecified atom stereocenters. The first-order valence-corrected chi connectivity index (χ1v) is 13.0. The SMILES string of the molecule is CCCCCc1ccc(C2CCC(C#C/C=C/C3CCC(CCC)CC3)CC2)cc1. The van der Waals surface area contributed by atoms with Gasteiger partial charge >= 0.3 is 0 Å². The number of aryl methyl sites for hydroxylation is 1. The third-order valence-electron chi connectivity index (χ3n) is 7.57. The lowest BCUT2D eigenvalue weighted by Gasteiger charge is -2.26. The van der Waals surface area contributed by atoms with Crippen LogP contribution >= 0.6 is 0 Å². The van der Waals surface area contributed by atoms with Gasteiger partial charge in [-0.25, -0.2) is 0 Å². The van der Waals surface area contributed by atoms with E-state index < -0.39 is 0 Å². The maximum atomic E-state index is 3.56. The Balaban J connectivity index is 1.37. The van der Waals surface area contributed by atoms with Crippen LogP contribution in [-0.2, 0) is 6.42 Å². The van der Waals surface area contributed by atoms with Gasteiger partial charge in [-0.3, -0.25) is 0 Å². The standard InChI is InChI=1S/C30H44/c1-3-5-6-10-27-17-21-29(22-18-27)30-23-19-28(20-24-30)12-8-7-11-26-15-13-25(9-4-2)14-16-26/h7,11,17-18,21-22,25-26,28,30H,3-6,9-10,13-16,19-20,23-24H2,1-2H3/b11-7+. The van der Waals surface area contributed by atoms with E-state index in [0.717, 1.165) is 17.8 Å². The molecule has 0 aromatic heterocycles. The van der Waals surface area contributed by atoms with Crippen LogP contribution in [0.4, 0.5) is 0 Å². The van der Waals surface area contributed by atoms with E-state index in [2.05, 4.69) is 62.1 Å². The quantitative estimate of drug-likeness (QED) is 0.300. The van der Waals surface area contributed by atoms with E-state index in [1.807, 2.05) is 0 Å². The van der Waals surface area contributed by atoms with Gasteiger partial charge in [-0.15, -0.1) is 0 Å². The van der Waals surface area contributed by atoms with Crippen molar-refractivity contribution in [3.05, 3.63) is 47.5 Å². The first-order chi connectivity index (χ1) is 14.8. The minimum atomic E-state index is 0.611. The second-order valence-electron chi connectivity index (χ2n) is 9.96. The van der Waals surface area contributed by atoms with E-state index in [4.69, 9.17) is 0 Å². The summed E-state index contributed by atoms with van der Waals surface area (Å²) < 4.78 is 0. The molecule has 2 aliphatic carbocycles. The molecular formula is C30H44. The van der Waals surface area contributed by atoms with E-state index in [9.17, 15) is 0 Å². The van der Waals surface area contributed by atoms with Crippen LogP contribution in [0.2, 0.25) is 0 Å². The molecule has 0 heteroatoms. The Hall–Kier alpha value is -1.48. The molecule has 0 heterocycles. The summed E-state index contributed by atoms with van der Waals surface area (Å²) in [6, 6.07) is 9.54. The molecule has 2 fully saturated rings. The van der Waals surface area contributed by atoms with Gasteiger partial charge < -0.3 is 0 Å². The van der Waals surface area contributed by atoms with Gasteiger partial charge in [-0.1, -0.05) is 81.7 Å². The molecule has 0 nitrogen and oxygen atoms in total. The zero-order chi connectivity index (χ0) is 21.0. The Morgan fingerprint density at radius 2 is 1.57 bits per heavy atom. The molecule has 0 atom stereocenters. The van der Waals surface area contributed by atoms with E-state index in [-0.39, 0.29) is 0 Å². The van der Waals surface area contributed by atoms with Gasteiger partial charge in [0.15, 0.2) is 0 Å². The molecule has 0 radical (unpaired) electrons. The largest absolute Gasteiger partial charge is 0.0951 e. The lowest BCUT2D eigenvalue weighted by molar-refractivity contribution is 0.294. The molecule has 0 saturated heterocycles. The van der Waals surface area contributed by atoms with Gasteiger partial charge in [0.2, 0.25) is 0 Å². The van der Waals surface area contributed by atoms with Crippen LogP contribution in [0.25, 0.3) is 0 Å².